The van der Waals surface area contributed by atoms with E-state index in [2.05, 4.69) is 36.3 Å². The van der Waals surface area contributed by atoms with E-state index in [0.29, 0.717) is 33.7 Å². The zero-order valence-corrected chi connectivity index (χ0v) is 16.0. The van der Waals surface area contributed by atoms with E-state index in [1.165, 1.54) is 10.5 Å². The molecule has 2 N–H and O–H groups in total. The van der Waals surface area contributed by atoms with Crippen LogP contribution in [-0.4, -0.2) is 29.9 Å². The average Bonchev–Trinajstić information content (AvgIpc) is 3.11. The SMILES string of the molecule is C[NH+](CCCn1c(=S)[nH]c2cc3c(cc2c1=O)OCO3)Cc1ccccc1. The van der Waals surface area contributed by atoms with Crippen LogP contribution in [0.15, 0.2) is 47.3 Å². The van der Waals surface area contributed by atoms with Gasteiger partial charge in [-0.15, -0.1) is 0 Å². The summed E-state index contributed by atoms with van der Waals surface area (Å²) in [6, 6.07) is 13.9. The van der Waals surface area contributed by atoms with Gasteiger partial charge in [-0.05, 0) is 18.3 Å². The summed E-state index contributed by atoms with van der Waals surface area (Å²) in [7, 11) is 2.16. The number of ether oxygens (including phenoxy) is 2. The van der Waals surface area contributed by atoms with Crippen molar-refractivity contribution in [3.63, 3.8) is 0 Å². The number of aromatic nitrogens is 2. The van der Waals surface area contributed by atoms with E-state index in [1.54, 1.807) is 16.7 Å². The van der Waals surface area contributed by atoms with Crippen LogP contribution < -0.4 is 19.9 Å². The van der Waals surface area contributed by atoms with Gasteiger partial charge in [-0.25, -0.2) is 0 Å². The fourth-order valence-electron chi connectivity index (χ4n) is 3.42. The monoisotopic (exact) mass is 384 g/mol. The maximum absolute atomic E-state index is 12.9. The molecular weight excluding hydrogens is 362 g/mol. The molecule has 1 atom stereocenters. The van der Waals surface area contributed by atoms with Crippen LogP contribution in [-0.2, 0) is 13.1 Å². The van der Waals surface area contributed by atoms with Gasteiger partial charge < -0.3 is 19.4 Å². The minimum absolute atomic E-state index is 0.0900. The highest BCUT2D eigenvalue weighted by Crippen LogP contribution is 2.34. The molecule has 0 amide bonds. The molecule has 0 aliphatic carbocycles. The van der Waals surface area contributed by atoms with Crippen molar-refractivity contribution in [3.8, 4) is 11.5 Å². The molecule has 0 bridgehead atoms. The van der Waals surface area contributed by atoms with Gasteiger partial charge in [0.2, 0.25) is 6.79 Å². The molecule has 1 aliphatic heterocycles. The van der Waals surface area contributed by atoms with Crippen LogP contribution in [0.5, 0.6) is 11.5 Å². The number of quaternary nitrogens is 1. The number of fused-ring (bicyclic) bond motifs is 2. The summed E-state index contributed by atoms with van der Waals surface area (Å²) in [6.07, 6.45) is 0.867. The number of benzene rings is 2. The average molecular weight is 384 g/mol. The lowest BCUT2D eigenvalue weighted by Gasteiger charge is -2.15. The second kappa shape index (κ2) is 7.54. The fourth-order valence-corrected chi connectivity index (χ4v) is 3.70. The third-order valence-electron chi connectivity index (χ3n) is 4.81. The van der Waals surface area contributed by atoms with Crippen molar-refractivity contribution in [1.29, 1.82) is 0 Å². The number of aromatic amines is 1. The van der Waals surface area contributed by atoms with Crippen molar-refractivity contribution in [2.24, 2.45) is 0 Å². The second-order valence-corrected chi connectivity index (χ2v) is 7.25. The Bertz CT molecular complexity index is 1080. The van der Waals surface area contributed by atoms with Crippen LogP contribution in [0.4, 0.5) is 0 Å². The topological polar surface area (TPSA) is 60.7 Å². The molecule has 0 spiro atoms. The Labute approximate surface area is 162 Å². The first-order valence-corrected chi connectivity index (χ1v) is 9.44. The lowest BCUT2D eigenvalue weighted by atomic mass is 10.2. The predicted octanol–water partition coefficient (Wildman–Crippen LogP) is 1.89. The van der Waals surface area contributed by atoms with Crippen molar-refractivity contribution in [1.82, 2.24) is 9.55 Å². The molecular formula is C20H22N3O3S+. The molecule has 4 rings (SSSR count). The molecule has 0 saturated heterocycles. The first-order valence-electron chi connectivity index (χ1n) is 9.03. The summed E-state index contributed by atoms with van der Waals surface area (Å²) in [6.45, 7) is 2.68. The van der Waals surface area contributed by atoms with E-state index in [4.69, 9.17) is 21.7 Å². The maximum atomic E-state index is 12.9. The summed E-state index contributed by atoms with van der Waals surface area (Å²) in [5.74, 6) is 1.24. The molecule has 2 heterocycles. The number of nitrogens with one attached hydrogen (secondary N) is 2. The van der Waals surface area contributed by atoms with E-state index in [9.17, 15) is 4.79 Å². The third kappa shape index (κ3) is 3.74. The first kappa shape index (κ1) is 17.8. The Morgan fingerprint density at radius 3 is 2.70 bits per heavy atom. The van der Waals surface area contributed by atoms with Gasteiger partial charge in [0.1, 0.15) is 6.54 Å². The zero-order valence-electron chi connectivity index (χ0n) is 15.2. The van der Waals surface area contributed by atoms with E-state index < -0.39 is 0 Å². The van der Waals surface area contributed by atoms with E-state index in [0.717, 1.165) is 19.5 Å². The van der Waals surface area contributed by atoms with Gasteiger partial charge in [-0.1, -0.05) is 30.3 Å². The summed E-state index contributed by atoms with van der Waals surface area (Å²) in [5.41, 5.74) is 1.90. The van der Waals surface area contributed by atoms with Gasteiger partial charge in [0.15, 0.2) is 16.3 Å². The molecule has 140 valence electrons. The number of hydrogen-bond donors (Lipinski definition) is 2. The Morgan fingerprint density at radius 1 is 1.19 bits per heavy atom. The van der Waals surface area contributed by atoms with Crippen LogP contribution in [0.2, 0.25) is 0 Å². The van der Waals surface area contributed by atoms with Gasteiger partial charge in [0.25, 0.3) is 5.56 Å². The molecule has 1 aliphatic rings. The number of hydrogen-bond acceptors (Lipinski definition) is 4. The molecule has 7 heteroatoms. The second-order valence-electron chi connectivity index (χ2n) is 6.86. The lowest BCUT2D eigenvalue weighted by molar-refractivity contribution is -0.894. The van der Waals surface area contributed by atoms with Crippen LogP contribution in [0, 0.1) is 4.77 Å². The first-order chi connectivity index (χ1) is 13.1. The highest BCUT2D eigenvalue weighted by molar-refractivity contribution is 7.71. The number of nitrogens with zero attached hydrogens (tertiary/aromatic N) is 1. The van der Waals surface area contributed by atoms with Crippen LogP contribution in [0.1, 0.15) is 12.0 Å². The summed E-state index contributed by atoms with van der Waals surface area (Å²) in [5, 5.41) is 0.567. The van der Waals surface area contributed by atoms with Crippen molar-refractivity contribution in [2.75, 3.05) is 20.4 Å². The molecule has 2 aromatic carbocycles. The fraction of sp³-hybridized carbons (Fsp3) is 0.300. The lowest BCUT2D eigenvalue weighted by Crippen LogP contribution is -3.07. The van der Waals surface area contributed by atoms with Crippen molar-refractivity contribution >= 4 is 23.1 Å². The predicted molar refractivity (Wildman–Crippen MR) is 106 cm³/mol. The minimum Gasteiger partial charge on any atom is -0.454 e. The Balaban J connectivity index is 1.48. The highest BCUT2D eigenvalue weighted by Gasteiger charge is 2.17. The van der Waals surface area contributed by atoms with E-state index in [-0.39, 0.29) is 12.4 Å². The van der Waals surface area contributed by atoms with Gasteiger partial charge in [-0.2, -0.15) is 0 Å². The van der Waals surface area contributed by atoms with Crippen molar-refractivity contribution < 1.29 is 14.4 Å². The molecule has 3 aromatic rings. The Kier molecular flexibility index (Phi) is 4.96. The zero-order chi connectivity index (χ0) is 18.8. The molecule has 0 radical (unpaired) electrons. The van der Waals surface area contributed by atoms with Crippen LogP contribution in [0.25, 0.3) is 10.9 Å². The summed E-state index contributed by atoms with van der Waals surface area (Å²) in [4.78, 5) is 17.4. The maximum Gasteiger partial charge on any atom is 0.262 e. The molecule has 27 heavy (non-hydrogen) atoms. The van der Waals surface area contributed by atoms with E-state index in [1.807, 2.05) is 6.07 Å². The molecule has 0 saturated carbocycles. The quantitative estimate of drug-likeness (QED) is 0.638. The third-order valence-corrected chi connectivity index (χ3v) is 5.13. The summed E-state index contributed by atoms with van der Waals surface area (Å²) >= 11 is 5.41. The molecule has 1 unspecified atom stereocenters. The van der Waals surface area contributed by atoms with Gasteiger partial charge in [-0.3, -0.25) is 9.36 Å². The van der Waals surface area contributed by atoms with E-state index >= 15 is 0 Å². The Hall–Kier alpha value is -2.64. The molecule has 1 aromatic heterocycles. The molecule has 6 nitrogen and oxygen atoms in total. The van der Waals surface area contributed by atoms with Crippen molar-refractivity contribution in [3.05, 3.63) is 63.2 Å². The largest absolute Gasteiger partial charge is 0.454 e. The van der Waals surface area contributed by atoms with Gasteiger partial charge in [0, 0.05) is 24.6 Å². The standard InChI is InChI=1S/C20H21N3O3S/c1-22(12-14-6-3-2-4-7-14)8-5-9-23-19(24)15-10-17-18(26-13-25-17)11-16(15)21-20(23)27/h2-4,6-7,10-11H,5,8-9,12-13H2,1H3,(H,21,27)/p+1. The minimum atomic E-state index is -0.0900. The number of rotatable bonds is 6. The summed E-state index contributed by atoms with van der Waals surface area (Å²) < 4.78 is 12.8. The normalized spacial score (nSPS) is 13.8. The van der Waals surface area contributed by atoms with Gasteiger partial charge in [0.05, 0.1) is 24.5 Å². The molecule has 0 fully saturated rings. The van der Waals surface area contributed by atoms with Crippen LogP contribution >= 0.6 is 12.2 Å². The Morgan fingerprint density at radius 2 is 1.93 bits per heavy atom. The van der Waals surface area contributed by atoms with Gasteiger partial charge >= 0.3 is 0 Å². The van der Waals surface area contributed by atoms with Crippen LogP contribution in [0.3, 0.4) is 0 Å². The highest BCUT2D eigenvalue weighted by atomic mass is 32.1. The van der Waals surface area contributed by atoms with Crippen molar-refractivity contribution in [2.45, 2.75) is 19.5 Å². The smallest absolute Gasteiger partial charge is 0.262 e. The number of H-pyrrole nitrogens is 1.